The van der Waals surface area contributed by atoms with Gasteiger partial charge in [-0.1, -0.05) is 6.07 Å². The summed E-state index contributed by atoms with van der Waals surface area (Å²) in [7, 11) is 0. The summed E-state index contributed by atoms with van der Waals surface area (Å²) in [5.74, 6) is 0. The van der Waals surface area contributed by atoms with E-state index in [9.17, 15) is 4.79 Å². The van der Waals surface area contributed by atoms with Crippen LogP contribution in [0.4, 0.5) is 4.79 Å². The zero-order valence-electron chi connectivity index (χ0n) is 15.2. The summed E-state index contributed by atoms with van der Waals surface area (Å²) in [5.41, 5.74) is -0.468. The molecule has 0 saturated carbocycles. The van der Waals surface area contributed by atoms with E-state index in [1.807, 2.05) is 25.7 Å². The van der Waals surface area contributed by atoms with E-state index in [1.54, 1.807) is 11.3 Å². The lowest BCUT2D eigenvalue weighted by Gasteiger charge is -2.37. The van der Waals surface area contributed by atoms with Crippen LogP contribution in [0.15, 0.2) is 17.5 Å². The van der Waals surface area contributed by atoms with Crippen molar-refractivity contribution in [3.05, 3.63) is 22.4 Å². The monoisotopic (exact) mass is 354 g/mol. The van der Waals surface area contributed by atoms with Crippen LogP contribution in [0.3, 0.4) is 0 Å². The molecule has 5 nitrogen and oxygen atoms in total. The predicted octanol–water partition coefficient (Wildman–Crippen LogP) is 3.29. The number of morpholine rings is 1. The number of nitrogens with one attached hydrogen (secondary N) is 1. The molecule has 0 aliphatic carbocycles. The van der Waals surface area contributed by atoms with Gasteiger partial charge in [0, 0.05) is 24.0 Å². The Bertz CT molecular complexity index is 499. The molecule has 0 spiro atoms. The van der Waals surface area contributed by atoms with Gasteiger partial charge in [0.25, 0.3) is 0 Å². The molecule has 0 unspecified atom stereocenters. The third kappa shape index (κ3) is 6.42. The maximum absolute atomic E-state index is 12.4. The first kappa shape index (κ1) is 19.2. The van der Waals surface area contributed by atoms with Gasteiger partial charge in [-0.2, -0.15) is 0 Å². The Balaban J connectivity index is 1.80. The van der Waals surface area contributed by atoms with Crippen molar-refractivity contribution in [2.75, 3.05) is 26.3 Å². The van der Waals surface area contributed by atoms with Gasteiger partial charge in [-0.15, -0.1) is 11.3 Å². The molecule has 2 heterocycles. The molecular weight excluding hydrogens is 324 g/mol. The van der Waals surface area contributed by atoms with Crippen LogP contribution in [0.5, 0.6) is 0 Å². The third-order valence-electron chi connectivity index (χ3n) is 3.93. The lowest BCUT2D eigenvalue weighted by molar-refractivity contribution is -0.0355. The van der Waals surface area contributed by atoms with Crippen LogP contribution in [0.25, 0.3) is 0 Å². The fraction of sp³-hybridized carbons (Fsp3) is 0.722. The highest BCUT2D eigenvalue weighted by Crippen LogP contribution is 2.17. The zero-order valence-corrected chi connectivity index (χ0v) is 16.0. The number of hydrogen-bond donors (Lipinski definition) is 1. The van der Waals surface area contributed by atoms with Gasteiger partial charge >= 0.3 is 6.09 Å². The second kappa shape index (κ2) is 8.83. The molecular formula is C18H30N2O3S. The molecule has 1 aromatic rings. The van der Waals surface area contributed by atoms with Crippen molar-refractivity contribution in [1.82, 2.24) is 10.2 Å². The van der Waals surface area contributed by atoms with Crippen LogP contribution in [-0.4, -0.2) is 55.0 Å². The Morgan fingerprint density at radius 2 is 2.33 bits per heavy atom. The van der Waals surface area contributed by atoms with Gasteiger partial charge in [0.15, 0.2) is 0 Å². The van der Waals surface area contributed by atoms with Crippen LogP contribution in [0.1, 0.15) is 39.0 Å². The highest BCUT2D eigenvalue weighted by molar-refractivity contribution is 7.09. The minimum Gasteiger partial charge on any atom is -0.444 e. The third-order valence-corrected chi connectivity index (χ3v) is 4.86. The lowest BCUT2D eigenvalue weighted by Crippen LogP contribution is -2.52. The zero-order chi connectivity index (χ0) is 17.6. The van der Waals surface area contributed by atoms with Crippen LogP contribution in [0.2, 0.25) is 0 Å². The maximum Gasteiger partial charge on any atom is 0.410 e. The van der Waals surface area contributed by atoms with Crippen molar-refractivity contribution in [3.63, 3.8) is 0 Å². The second-order valence-corrected chi connectivity index (χ2v) is 8.35. The first-order valence-corrected chi connectivity index (χ1v) is 9.56. The molecule has 0 bridgehead atoms. The lowest BCUT2D eigenvalue weighted by atomic mass is 10.1. The average Bonchev–Trinajstić information content (AvgIpc) is 2.99. The molecule has 0 aromatic carbocycles. The summed E-state index contributed by atoms with van der Waals surface area (Å²) < 4.78 is 11.1. The van der Waals surface area contributed by atoms with Gasteiger partial charge in [-0.3, -0.25) is 0 Å². The van der Waals surface area contributed by atoms with Crippen molar-refractivity contribution in [3.8, 4) is 0 Å². The molecule has 2 rings (SSSR count). The molecule has 1 aromatic heterocycles. The molecule has 1 aliphatic heterocycles. The summed E-state index contributed by atoms with van der Waals surface area (Å²) in [6, 6.07) is 4.64. The summed E-state index contributed by atoms with van der Waals surface area (Å²) >= 11 is 1.79. The highest BCUT2D eigenvalue weighted by atomic mass is 32.1. The van der Waals surface area contributed by atoms with E-state index >= 15 is 0 Å². The Kier molecular flexibility index (Phi) is 7.07. The number of amides is 1. The molecule has 1 saturated heterocycles. The quantitative estimate of drug-likeness (QED) is 0.852. The van der Waals surface area contributed by atoms with Crippen molar-refractivity contribution >= 4 is 17.4 Å². The highest BCUT2D eigenvalue weighted by Gasteiger charge is 2.31. The average molecular weight is 355 g/mol. The normalized spacial score (nSPS) is 20.0. The molecule has 24 heavy (non-hydrogen) atoms. The molecule has 1 aliphatic rings. The Morgan fingerprint density at radius 1 is 1.54 bits per heavy atom. The molecule has 1 amide bonds. The van der Waals surface area contributed by atoms with Crippen molar-refractivity contribution in [1.29, 1.82) is 0 Å². The summed E-state index contributed by atoms with van der Waals surface area (Å²) in [5, 5.41) is 5.66. The first-order valence-electron chi connectivity index (χ1n) is 8.68. The Labute approximate surface area is 149 Å². The van der Waals surface area contributed by atoms with E-state index in [4.69, 9.17) is 9.47 Å². The van der Waals surface area contributed by atoms with Gasteiger partial charge < -0.3 is 19.7 Å². The fourth-order valence-corrected chi connectivity index (χ4v) is 3.51. The second-order valence-electron chi connectivity index (χ2n) is 7.32. The summed E-state index contributed by atoms with van der Waals surface area (Å²) in [4.78, 5) is 15.6. The standard InChI is InChI=1S/C18H30N2O3S/c1-14(19-8-7-16-6-5-11-24-16)12-15-13-22-10-9-20(15)17(21)23-18(2,3)4/h5-6,11,14-15,19H,7-10,12-13H2,1-4H3/t14-,15-/m1/s1. The number of thiophene rings is 1. The molecule has 6 heteroatoms. The first-order chi connectivity index (χ1) is 11.3. The van der Waals surface area contributed by atoms with E-state index in [2.05, 4.69) is 29.8 Å². The van der Waals surface area contributed by atoms with Crippen LogP contribution >= 0.6 is 11.3 Å². The number of carbonyl (C=O) groups excluding carboxylic acids is 1. The van der Waals surface area contributed by atoms with E-state index in [0.717, 1.165) is 19.4 Å². The van der Waals surface area contributed by atoms with Crippen molar-refractivity contribution in [2.45, 2.75) is 58.2 Å². The van der Waals surface area contributed by atoms with E-state index < -0.39 is 5.60 Å². The van der Waals surface area contributed by atoms with Gasteiger partial charge in [0.2, 0.25) is 0 Å². The van der Waals surface area contributed by atoms with E-state index in [-0.39, 0.29) is 12.1 Å². The van der Waals surface area contributed by atoms with Gasteiger partial charge in [0.1, 0.15) is 5.60 Å². The molecule has 136 valence electrons. The Hall–Kier alpha value is -1.11. The Morgan fingerprint density at radius 3 is 3.00 bits per heavy atom. The number of nitrogens with zero attached hydrogens (tertiary/aromatic N) is 1. The SMILES string of the molecule is C[C@H](C[C@@H]1COCCN1C(=O)OC(C)(C)C)NCCc1cccs1. The number of rotatable bonds is 6. The number of ether oxygens (including phenoxy) is 2. The predicted molar refractivity (Wildman–Crippen MR) is 97.7 cm³/mol. The van der Waals surface area contributed by atoms with Gasteiger partial charge in [-0.25, -0.2) is 4.79 Å². The molecule has 0 radical (unpaired) electrons. The van der Waals surface area contributed by atoms with Crippen LogP contribution in [-0.2, 0) is 15.9 Å². The molecule has 1 N–H and O–H groups in total. The van der Waals surface area contributed by atoms with Crippen LogP contribution < -0.4 is 5.32 Å². The number of carbonyl (C=O) groups is 1. The van der Waals surface area contributed by atoms with Crippen LogP contribution in [0, 0.1) is 0 Å². The topological polar surface area (TPSA) is 50.8 Å². The fourth-order valence-electron chi connectivity index (χ4n) is 2.80. The van der Waals surface area contributed by atoms with Crippen molar-refractivity contribution in [2.24, 2.45) is 0 Å². The van der Waals surface area contributed by atoms with Gasteiger partial charge in [-0.05, 0) is 52.0 Å². The summed E-state index contributed by atoms with van der Waals surface area (Å²) in [6.07, 6.45) is 1.67. The molecule has 1 fully saturated rings. The molecule has 2 atom stereocenters. The van der Waals surface area contributed by atoms with E-state index in [0.29, 0.717) is 25.8 Å². The van der Waals surface area contributed by atoms with Crippen molar-refractivity contribution < 1.29 is 14.3 Å². The largest absolute Gasteiger partial charge is 0.444 e. The maximum atomic E-state index is 12.4. The summed E-state index contributed by atoms with van der Waals surface area (Å²) in [6.45, 7) is 10.6. The van der Waals surface area contributed by atoms with Gasteiger partial charge in [0.05, 0.1) is 19.3 Å². The minimum atomic E-state index is -0.468. The smallest absolute Gasteiger partial charge is 0.410 e. The minimum absolute atomic E-state index is 0.0674. The van der Waals surface area contributed by atoms with E-state index in [1.165, 1.54) is 4.88 Å². The number of hydrogen-bond acceptors (Lipinski definition) is 5.